The average Bonchev–Trinajstić information content (AvgIpc) is 2.78. The van der Waals surface area contributed by atoms with Crippen LogP contribution in [-0.4, -0.2) is 61.5 Å². The number of aliphatic hydroxyl groups excluding tert-OH is 1. The molecule has 2 heterocycles. The summed E-state index contributed by atoms with van der Waals surface area (Å²) in [7, 11) is 0. The molecule has 2 fully saturated rings. The molecule has 21 heavy (non-hydrogen) atoms. The molecule has 4 atom stereocenters. The van der Waals surface area contributed by atoms with Crippen molar-refractivity contribution in [3.8, 4) is 0 Å². The summed E-state index contributed by atoms with van der Waals surface area (Å²) in [5, 5.41) is 10.0. The number of aliphatic hydroxyl groups is 1. The van der Waals surface area contributed by atoms with Crippen LogP contribution < -0.4 is 5.73 Å². The van der Waals surface area contributed by atoms with Crippen molar-refractivity contribution in [1.82, 2.24) is 0 Å². The highest BCUT2D eigenvalue weighted by Gasteiger charge is 2.64. The van der Waals surface area contributed by atoms with E-state index in [1.54, 1.807) is 13.8 Å². The van der Waals surface area contributed by atoms with Gasteiger partial charge in [0.1, 0.15) is 25.0 Å². The molecule has 2 saturated heterocycles. The fourth-order valence-corrected chi connectivity index (χ4v) is 2.61. The molecule has 0 aromatic heterocycles. The lowest BCUT2D eigenvalue weighted by atomic mass is 10.1. The molecule has 7 nitrogen and oxygen atoms in total. The number of hydrogen-bond acceptors (Lipinski definition) is 7. The Balaban J connectivity index is 1.79. The maximum absolute atomic E-state index is 10.0. The molecule has 7 heteroatoms. The second kappa shape index (κ2) is 6.87. The van der Waals surface area contributed by atoms with E-state index in [2.05, 4.69) is 6.92 Å². The summed E-state index contributed by atoms with van der Waals surface area (Å²) >= 11 is 0. The molecule has 0 aromatic carbocycles. The van der Waals surface area contributed by atoms with E-state index in [1.807, 2.05) is 0 Å². The minimum atomic E-state index is -1.15. The molecule has 0 aliphatic carbocycles. The monoisotopic (exact) mass is 305 g/mol. The molecule has 3 N–H and O–H groups in total. The van der Waals surface area contributed by atoms with E-state index in [9.17, 15) is 5.11 Å². The van der Waals surface area contributed by atoms with Gasteiger partial charge in [-0.05, 0) is 20.3 Å². The van der Waals surface area contributed by atoms with Crippen LogP contribution in [0.4, 0.5) is 0 Å². The van der Waals surface area contributed by atoms with E-state index in [-0.39, 0.29) is 6.61 Å². The Kier molecular flexibility index (Phi) is 5.59. The van der Waals surface area contributed by atoms with E-state index in [0.717, 1.165) is 19.4 Å². The second-order valence-electron chi connectivity index (χ2n) is 5.94. The van der Waals surface area contributed by atoms with Crippen molar-refractivity contribution in [3.05, 3.63) is 0 Å². The van der Waals surface area contributed by atoms with Crippen LogP contribution in [0.25, 0.3) is 0 Å². The van der Waals surface area contributed by atoms with E-state index >= 15 is 0 Å². The topological polar surface area (TPSA) is 92.4 Å². The highest BCUT2D eigenvalue weighted by molar-refractivity contribution is 5.01. The summed E-state index contributed by atoms with van der Waals surface area (Å²) in [6, 6.07) is 0. The third-order valence-electron chi connectivity index (χ3n) is 3.56. The van der Waals surface area contributed by atoms with Crippen molar-refractivity contribution in [2.45, 2.75) is 63.6 Å². The van der Waals surface area contributed by atoms with Gasteiger partial charge in [-0.1, -0.05) is 13.3 Å². The van der Waals surface area contributed by atoms with Gasteiger partial charge in [-0.2, -0.15) is 0 Å². The lowest BCUT2D eigenvalue weighted by molar-refractivity contribution is -0.277. The first-order chi connectivity index (χ1) is 9.90. The molecule has 2 aliphatic rings. The molecular weight excluding hydrogens is 278 g/mol. The fourth-order valence-electron chi connectivity index (χ4n) is 2.61. The molecule has 0 spiro atoms. The first-order valence-electron chi connectivity index (χ1n) is 7.55. The van der Waals surface area contributed by atoms with E-state index < -0.39 is 30.0 Å². The van der Waals surface area contributed by atoms with Crippen LogP contribution in [0.15, 0.2) is 0 Å². The average molecular weight is 305 g/mol. The minimum absolute atomic E-state index is 0.142. The van der Waals surface area contributed by atoms with Gasteiger partial charge in [0.25, 0.3) is 0 Å². The van der Waals surface area contributed by atoms with Gasteiger partial charge in [-0.25, -0.2) is 0 Å². The predicted octanol–water partition coefficient (Wildman–Crippen LogP) is 0.343. The summed E-state index contributed by atoms with van der Waals surface area (Å²) in [6.45, 7) is 7.47. The lowest BCUT2D eigenvalue weighted by Crippen LogP contribution is -2.45. The zero-order chi connectivity index (χ0) is 15.5. The third kappa shape index (κ3) is 3.92. The molecule has 0 unspecified atom stereocenters. The van der Waals surface area contributed by atoms with Gasteiger partial charge in [0, 0.05) is 6.61 Å². The number of unbranched alkanes of at least 4 members (excludes halogenated alkanes) is 1. The van der Waals surface area contributed by atoms with Crippen LogP contribution in [0, 0.1) is 0 Å². The maximum Gasteiger partial charge on any atom is 0.225 e. The van der Waals surface area contributed by atoms with Gasteiger partial charge in [0.2, 0.25) is 5.79 Å². The van der Waals surface area contributed by atoms with E-state index in [1.165, 1.54) is 0 Å². The first kappa shape index (κ1) is 17.1. The lowest BCUT2D eigenvalue weighted by Gasteiger charge is -2.27. The second-order valence-corrected chi connectivity index (χ2v) is 5.94. The molecule has 124 valence electrons. The Morgan fingerprint density at radius 1 is 1.14 bits per heavy atom. The molecule has 2 rings (SSSR count). The Morgan fingerprint density at radius 3 is 2.57 bits per heavy atom. The van der Waals surface area contributed by atoms with Crippen molar-refractivity contribution in [2.75, 3.05) is 26.4 Å². The van der Waals surface area contributed by atoms with E-state index in [4.69, 9.17) is 29.4 Å². The Bertz CT molecular complexity index is 339. The Labute approximate surface area is 125 Å². The molecule has 2 aliphatic heterocycles. The molecule has 0 saturated carbocycles. The number of ether oxygens (including phenoxy) is 5. The van der Waals surface area contributed by atoms with E-state index in [0.29, 0.717) is 13.2 Å². The molecular formula is C14H27NO6. The molecule has 0 amide bonds. The standard InChI is InChI=1S/C14H27NO6/c1-4-5-6-17-7-8-18-9-14-11(10(16)12(15)20-14)19-13(2,3)21-14/h10-12,16H,4-9,15H2,1-3H3/t10-,11-,12+,14-/m0/s1. The minimum Gasteiger partial charge on any atom is -0.386 e. The van der Waals surface area contributed by atoms with Crippen LogP contribution >= 0.6 is 0 Å². The largest absolute Gasteiger partial charge is 0.386 e. The summed E-state index contributed by atoms with van der Waals surface area (Å²) in [5.74, 6) is -1.99. The van der Waals surface area contributed by atoms with Crippen LogP contribution in [0.2, 0.25) is 0 Å². The summed E-state index contributed by atoms with van der Waals surface area (Å²) < 4.78 is 28.0. The number of fused-ring (bicyclic) bond motifs is 1. The normalized spacial score (nSPS) is 37.9. The summed E-state index contributed by atoms with van der Waals surface area (Å²) in [4.78, 5) is 0. The molecule has 0 radical (unpaired) electrons. The smallest absolute Gasteiger partial charge is 0.225 e. The first-order valence-corrected chi connectivity index (χ1v) is 7.55. The highest BCUT2D eigenvalue weighted by atomic mass is 16.9. The Hall–Kier alpha value is -0.280. The van der Waals surface area contributed by atoms with Crippen molar-refractivity contribution < 1.29 is 28.8 Å². The van der Waals surface area contributed by atoms with Crippen LogP contribution in [0.5, 0.6) is 0 Å². The number of nitrogens with two attached hydrogens (primary N) is 1. The van der Waals surface area contributed by atoms with Gasteiger partial charge in [0.05, 0.1) is 13.2 Å². The van der Waals surface area contributed by atoms with Crippen LogP contribution in [0.1, 0.15) is 33.6 Å². The van der Waals surface area contributed by atoms with Crippen molar-refractivity contribution in [3.63, 3.8) is 0 Å². The number of rotatable bonds is 8. The van der Waals surface area contributed by atoms with Gasteiger partial charge in [0.15, 0.2) is 5.79 Å². The van der Waals surface area contributed by atoms with Gasteiger partial charge >= 0.3 is 0 Å². The fraction of sp³-hybridized carbons (Fsp3) is 1.00. The quantitative estimate of drug-likeness (QED) is 0.625. The van der Waals surface area contributed by atoms with Gasteiger partial charge in [-0.3, -0.25) is 0 Å². The van der Waals surface area contributed by atoms with Crippen LogP contribution in [-0.2, 0) is 23.7 Å². The molecule has 0 aromatic rings. The zero-order valence-electron chi connectivity index (χ0n) is 13.0. The van der Waals surface area contributed by atoms with Gasteiger partial charge in [-0.15, -0.1) is 0 Å². The maximum atomic E-state index is 10.0. The highest BCUT2D eigenvalue weighted by Crippen LogP contribution is 2.44. The van der Waals surface area contributed by atoms with Crippen molar-refractivity contribution >= 4 is 0 Å². The van der Waals surface area contributed by atoms with Crippen molar-refractivity contribution in [2.24, 2.45) is 5.73 Å². The Morgan fingerprint density at radius 2 is 1.86 bits per heavy atom. The zero-order valence-corrected chi connectivity index (χ0v) is 13.0. The SMILES string of the molecule is CCCCOCCOC[C@@]12O[C@@H](N)[C@@H](O)[C@@H]1OC(C)(C)O2. The van der Waals surface area contributed by atoms with Gasteiger partial charge < -0.3 is 34.5 Å². The predicted molar refractivity (Wildman–Crippen MR) is 74.4 cm³/mol. The van der Waals surface area contributed by atoms with Crippen LogP contribution in [0.3, 0.4) is 0 Å². The summed E-state index contributed by atoms with van der Waals surface area (Å²) in [6.07, 6.45) is -0.271. The molecule has 0 bridgehead atoms. The van der Waals surface area contributed by atoms with Crippen molar-refractivity contribution in [1.29, 1.82) is 0 Å². The number of hydrogen-bond donors (Lipinski definition) is 2. The third-order valence-corrected chi connectivity index (χ3v) is 3.56. The summed E-state index contributed by atoms with van der Waals surface area (Å²) in [5.41, 5.74) is 5.72.